The Bertz CT molecular complexity index is 685. The van der Waals surface area contributed by atoms with Crippen LogP contribution in [0.2, 0.25) is 0 Å². The van der Waals surface area contributed by atoms with Crippen LogP contribution in [0.15, 0.2) is 61.2 Å². The number of rotatable bonds is 6. The molecule has 0 aliphatic carbocycles. The Morgan fingerprint density at radius 1 is 1.26 bits per heavy atom. The summed E-state index contributed by atoms with van der Waals surface area (Å²) in [4.78, 5) is 0. The fourth-order valence-corrected chi connectivity index (χ4v) is 2.63. The van der Waals surface area contributed by atoms with Crippen molar-refractivity contribution < 1.29 is 4.74 Å². The second-order valence-corrected chi connectivity index (χ2v) is 5.71. The lowest BCUT2D eigenvalue weighted by atomic mass is 10.0. The van der Waals surface area contributed by atoms with Crippen molar-refractivity contribution in [3.8, 4) is 5.75 Å². The van der Waals surface area contributed by atoms with Crippen molar-refractivity contribution in [3.05, 3.63) is 72.3 Å². The first kappa shape index (κ1) is 17.0. The maximum Gasteiger partial charge on any atom is 0.171 e. The second-order valence-electron chi connectivity index (χ2n) is 5.30. The Labute approximate surface area is 143 Å². The molecular weight excluding hydrogens is 304 g/mol. The Balaban J connectivity index is 1.97. The standard InChI is InChI=1S/C19H22N2OS/c1-4-12-22-17-10-7-9-16(13-17)21-19(23)20-15(3)18-11-6-5-8-14(18)2/h4-11,13,15H,1,12H2,2-3H3,(H2,20,21,23). The third kappa shape index (κ3) is 5.11. The molecule has 0 fully saturated rings. The molecule has 0 saturated heterocycles. The van der Waals surface area contributed by atoms with E-state index in [4.69, 9.17) is 17.0 Å². The van der Waals surface area contributed by atoms with Crippen molar-refractivity contribution in [2.45, 2.75) is 19.9 Å². The molecule has 120 valence electrons. The molecular formula is C19H22N2OS. The van der Waals surface area contributed by atoms with Gasteiger partial charge in [0, 0.05) is 11.8 Å². The monoisotopic (exact) mass is 326 g/mol. The van der Waals surface area contributed by atoms with Crippen molar-refractivity contribution >= 4 is 23.0 Å². The lowest BCUT2D eigenvalue weighted by Crippen LogP contribution is -2.31. The maximum absolute atomic E-state index is 5.52. The highest BCUT2D eigenvalue weighted by Crippen LogP contribution is 2.19. The van der Waals surface area contributed by atoms with E-state index in [2.05, 4.69) is 43.2 Å². The van der Waals surface area contributed by atoms with Gasteiger partial charge < -0.3 is 15.4 Å². The molecule has 0 heterocycles. The van der Waals surface area contributed by atoms with Crippen LogP contribution in [0.4, 0.5) is 5.69 Å². The average Bonchev–Trinajstić information content (AvgIpc) is 2.53. The van der Waals surface area contributed by atoms with Gasteiger partial charge in [-0.05, 0) is 49.3 Å². The van der Waals surface area contributed by atoms with E-state index in [0.717, 1.165) is 11.4 Å². The van der Waals surface area contributed by atoms with Gasteiger partial charge in [-0.15, -0.1) is 0 Å². The van der Waals surface area contributed by atoms with Crippen LogP contribution in [0, 0.1) is 6.92 Å². The van der Waals surface area contributed by atoms with Crippen molar-refractivity contribution in [1.82, 2.24) is 5.32 Å². The van der Waals surface area contributed by atoms with Crippen LogP contribution in [0.5, 0.6) is 5.75 Å². The summed E-state index contributed by atoms with van der Waals surface area (Å²) in [5.41, 5.74) is 3.37. The fraction of sp³-hybridized carbons (Fsp3) is 0.211. The highest BCUT2D eigenvalue weighted by atomic mass is 32.1. The van der Waals surface area contributed by atoms with Crippen molar-refractivity contribution in [1.29, 1.82) is 0 Å². The van der Waals surface area contributed by atoms with E-state index < -0.39 is 0 Å². The summed E-state index contributed by atoms with van der Waals surface area (Å²) in [6.45, 7) is 8.33. The minimum absolute atomic E-state index is 0.136. The smallest absolute Gasteiger partial charge is 0.171 e. The van der Waals surface area contributed by atoms with Gasteiger partial charge in [-0.1, -0.05) is 43.0 Å². The van der Waals surface area contributed by atoms with Crippen molar-refractivity contribution in [3.63, 3.8) is 0 Å². The van der Waals surface area contributed by atoms with Crippen LogP contribution < -0.4 is 15.4 Å². The molecule has 4 heteroatoms. The minimum Gasteiger partial charge on any atom is -0.489 e. The summed E-state index contributed by atoms with van der Waals surface area (Å²) in [7, 11) is 0. The molecule has 2 aromatic carbocycles. The largest absolute Gasteiger partial charge is 0.489 e. The molecule has 3 nitrogen and oxygen atoms in total. The zero-order valence-corrected chi connectivity index (χ0v) is 14.3. The first-order valence-corrected chi connectivity index (χ1v) is 7.98. The zero-order chi connectivity index (χ0) is 16.7. The van der Waals surface area contributed by atoms with Gasteiger partial charge in [-0.2, -0.15) is 0 Å². The number of thiocarbonyl (C=S) groups is 1. The molecule has 2 rings (SSSR count). The highest BCUT2D eigenvalue weighted by molar-refractivity contribution is 7.80. The lowest BCUT2D eigenvalue weighted by Gasteiger charge is -2.19. The Morgan fingerprint density at radius 2 is 2.04 bits per heavy atom. The summed E-state index contributed by atoms with van der Waals surface area (Å²) in [5, 5.41) is 7.09. The first-order valence-electron chi connectivity index (χ1n) is 7.57. The molecule has 2 aromatic rings. The van der Waals surface area contributed by atoms with E-state index >= 15 is 0 Å². The molecule has 23 heavy (non-hydrogen) atoms. The molecule has 0 aliphatic rings. The number of ether oxygens (including phenoxy) is 1. The van der Waals surface area contributed by atoms with E-state index in [0.29, 0.717) is 11.7 Å². The predicted octanol–water partition coefficient (Wildman–Crippen LogP) is 4.61. The molecule has 0 saturated carbocycles. The van der Waals surface area contributed by atoms with Gasteiger partial charge >= 0.3 is 0 Å². The molecule has 0 bridgehead atoms. The highest BCUT2D eigenvalue weighted by Gasteiger charge is 2.09. The third-order valence-electron chi connectivity index (χ3n) is 3.46. The summed E-state index contributed by atoms with van der Waals surface area (Å²) in [5.74, 6) is 0.782. The van der Waals surface area contributed by atoms with Gasteiger partial charge in [0.05, 0.1) is 6.04 Å². The summed E-state index contributed by atoms with van der Waals surface area (Å²) in [6, 6.07) is 16.1. The minimum atomic E-state index is 0.136. The number of anilines is 1. The normalized spacial score (nSPS) is 11.4. The van der Waals surface area contributed by atoms with Crippen LogP contribution in [0.25, 0.3) is 0 Å². The SMILES string of the molecule is C=CCOc1cccc(NC(=S)NC(C)c2ccccc2C)c1. The number of hydrogen-bond donors (Lipinski definition) is 2. The van der Waals surface area contributed by atoms with Gasteiger partial charge in [0.1, 0.15) is 12.4 Å². The van der Waals surface area contributed by atoms with Gasteiger partial charge in [0.15, 0.2) is 5.11 Å². The molecule has 0 spiro atoms. The van der Waals surface area contributed by atoms with Crippen LogP contribution in [0.1, 0.15) is 24.1 Å². The van der Waals surface area contributed by atoms with Gasteiger partial charge in [-0.25, -0.2) is 0 Å². The van der Waals surface area contributed by atoms with E-state index in [1.54, 1.807) is 6.08 Å². The first-order chi connectivity index (χ1) is 11.1. The Kier molecular flexibility index (Phi) is 6.18. The van der Waals surface area contributed by atoms with Gasteiger partial charge in [0.2, 0.25) is 0 Å². The maximum atomic E-state index is 5.52. The number of aryl methyl sites for hydroxylation is 1. The molecule has 1 atom stereocenters. The van der Waals surface area contributed by atoms with E-state index in [1.165, 1.54) is 11.1 Å². The Morgan fingerprint density at radius 3 is 2.78 bits per heavy atom. The van der Waals surface area contributed by atoms with Crippen molar-refractivity contribution in [2.24, 2.45) is 0 Å². The average molecular weight is 326 g/mol. The van der Waals surface area contributed by atoms with Crippen LogP contribution >= 0.6 is 12.2 Å². The molecule has 1 unspecified atom stereocenters. The number of benzene rings is 2. The van der Waals surface area contributed by atoms with Gasteiger partial charge in [0.25, 0.3) is 0 Å². The molecule has 2 N–H and O–H groups in total. The summed E-state index contributed by atoms with van der Waals surface area (Å²) >= 11 is 5.41. The predicted molar refractivity (Wildman–Crippen MR) is 101 cm³/mol. The molecule has 0 amide bonds. The molecule has 0 aromatic heterocycles. The third-order valence-corrected chi connectivity index (χ3v) is 3.68. The fourth-order valence-electron chi connectivity index (χ4n) is 2.33. The molecule has 0 radical (unpaired) electrons. The van der Waals surface area contributed by atoms with E-state index in [-0.39, 0.29) is 6.04 Å². The number of nitrogens with one attached hydrogen (secondary N) is 2. The number of hydrogen-bond acceptors (Lipinski definition) is 2. The van der Waals surface area contributed by atoms with Gasteiger partial charge in [-0.3, -0.25) is 0 Å². The quantitative estimate of drug-likeness (QED) is 0.600. The summed E-state index contributed by atoms with van der Waals surface area (Å²) < 4.78 is 5.52. The lowest BCUT2D eigenvalue weighted by molar-refractivity contribution is 0.363. The van der Waals surface area contributed by atoms with Crippen molar-refractivity contribution in [2.75, 3.05) is 11.9 Å². The molecule has 0 aliphatic heterocycles. The van der Waals surface area contributed by atoms with E-state index in [1.807, 2.05) is 36.4 Å². The van der Waals surface area contributed by atoms with E-state index in [9.17, 15) is 0 Å². The van der Waals surface area contributed by atoms with Crippen LogP contribution in [-0.4, -0.2) is 11.7 Å². The zero-order valence-electron chi connectivity index (χ0n) is 13.5. The van der Waals surface area contributed by atoms with Crippen LogP contribution in [-0.2, 0) is 0 Å². The summed E-state index contributed by atoms with van der Waals surface area (Å²) in [6.07, 6.45) is 1.72. The topological polar surface area (TPSA) is 33.3 Å². The van der Waals surface area contributed by atoms with Crippen LogP contribution in [0.3, 0.4) is 0 Å². The second kappa shape index (κ2) is 8.34. The Hall–Kier alpha value is -2.33.